The first-order valence-corrected chi connectivity index (χ1v) is 3.34. The third kappa shape index (κ3) is 3.52. The Morgan fingerprint density at radius 2 is 1.90 bits per heavy atom. The van der Waals surface area contributed by atoms with E-state index in [2.05, 4.69) is 4.52 Å². The molecule has 2 nitrogen and oxygen atoms in total. The molecule has 0 aliphatic carbocycles. The number of benzene rings is 1. The van der Waals surface area contributed by atoms with Crippen molar-refractivity contribution < 1.29 is 11.9 Å². The molecule has 0 saturated heterocycles. The summed E-state index contributed by atoms with van der Waals surface area (Å²) in [6.45, 7) is 0. The third-order valence-electron chi connectivity index (χ3n) is 0.903. The largest absolute Gasteiger partial charge is 2.00 e. The second-order valence-corrected chi connectivity index (χ2v) is 1.87. The van der Waals surface area contributed by atoms with E-state index in [1.165, 1.54) is 0 Å². The second kappa shape index (κ2) is 6.11. The molecule has 50 valence electrons. The smallest absolute Gasteiger partial charge is 1.00 e. The molecule has 0 aliphatic heterocycles. The molecule has 1 atom stereocenters. The van der Waals surface area contributed by atoms with Crippen LogP contribution in [0.25, 0.3) is 0 Å². The molecule has 0 heterocycles. The molecule has 0 radical (unpaired) electrons. The molecule has 0 amide bonds. The Hall–Kier alpha value is 0.380. The van der Waals surface area contributed by atoms with Crippen LogP contribution in [0.4, 0.5) is 0 Å². The third-order valence-corrected chi connectivity index (χ3v) is 1.22. The second-order valence-electron chi connectivity index (χ2n) is 1.50. The van der Waals surface area contributed by atoms with E-state index in [1.807, 2.05) is 18.2 Å². The topological polar surface area (TPSA) is 26.3 Å². The Labute approximate surface area is 93.8 Å². The van der Waals surface area contributed by atoms with Crippen LogP contribution in [0.3, 0.4) is 0 Å². The predicted octanol–water partition coefficient (Wildman–Crippen LogP) is 1.85. The summed E-state index contributed by atoms with van der Waals surface area (Å²) in [7, 11) is -0.715. The van der Waals surface area contributed by atoms with Gasteiger partial charge < -0.3 is 2.85 Å². The Morgan fingerprint density at radius 1 is 1.30 bits per heavy atom. The van der Waals surface area contributed by atoms with Crippen LogP contribution in [0.15, 0.2) is 30.3 Å². The molecule has 4 heteroatoms. The maximum absolute atomic E-state index is 9.90. The number of para-hydroxylation sites is 1. The van der Waals surface area contributed by atoms with E-state index in [9.17, 15) is 4.57 Å². The number of hydrogen-bond donors (Lipinski definition) is 0. The maximum atomic E-state index is 9.90. The van der Waals surface area contributed by atoms with Gasteiger partial charge in [-0.25, -0.2) is 0 Å². The normalized spacial score (nSPS) is 8.40. The standard InChI is InChI=1S/C6H6O2P.Ca.2H/c7-9-8-6-4-2-1-3-5-6;;;/h1-5,9H;;;/q+1;+2;2*-1. The summed E-state index contributed by atoms with van der Waals surface area (Å²) in [5, 5.41) is 0. The summed E-state index contributed by atoms with van der Waals surface area (Å²) in [5.41, 5.74) is 0. The first-order valence-electron chi connectivity index (χ1n) is 2.52. The van der Waals surface area contributed by atoms with E-state index >= 15 is 0 Å². The summed E-state index contributed by atoms with van der Waals surface area (Å²) in [5.74, 6) is 0.644. The minimum Gasteiger partial charge on any atom is -1.00 e. The summed E-state index contributed by atoms with van der Waals surface area (Å²) in [6, 6.07) is 9.04. The molecule has 0 aliphatic rings. The van der Waals surface area contributed by atoms with Gasteiger partial charge in [0.2, 0.25) is 0 Å². The molecule has 0 bridgehead atoms. The average Bonchev–Trinajstić information content (AvgIpc) is 1.91. The molecule has 1 unspecified atom stereocenters. The molecule has 0 spiro atoms. The van der Waals surface area contributed by atoms with Crippen molar-refractivity contribution >= 4 is 46.4 Å². The zero-order valence-corrected chi connectivity index (χ0v) is 8.62. The minimum atomic E-state index is -0.715. The van der Waals surface area contributed by atoms with Crippen LogP contribution in [0, 0.1) is 0 Å². The molecule has 0 aromatic heterocycles. The monoisotopic (exact) mass is 183 g/mol. The van der Waals surface area contributed by atoms with Crippen molar-refractivity contribution in [3.63, 3.8) is 0 Å². The van der Waals surface area contributed by atoms with Gasteiger partial charge in [-0.15, -0.1) is 0 Å². The van der Waals surface area contributed by atoms with Crippen molar-refractivity contribution in [1.82, 2.24) is 0 Å². The van der Waals surface area contributed by atoms with Gasteiger partial charge in [0.1, 0.15) is 0 Å². The van der Waals surface area contributed by atoms with Crippen LogP contribution in [0.5, 0.6) is 5.75 Å². The average molecular weight is 183 g/mol. The van der Waals surface area contributed by atoms with Crippen molar-refractivity contribution in [2.75, 3.05) is 0 Å². The van der Waals surface area contributed by atoms with Gasteiger partial charge in [-0.3, -0.25) is 4.52 Å². The SMILES string of the molecule is O=[PH+]Oc1ccccc1.[Ca+2].[H-].[H-]. The van der Waals surface area contributed by atoms with Crippen molar-refractivity contribution in [1.29, 1.82) is 0 Å². The summed E-state index contributed by atoms with van der Waals surface area (Å²) in [4.78, 5) is 0. The van der Waals surface area contributed by atoms with Crippen molar-refractivity contribution in [3.8, 4) is 5.75 Å². The number of hydrogen-bond acceptors (Lipinski definition) is 2. The van der Waals surface area contributed by atoms with Gasteiger partial charge in [0.05, 0.1) is 0 Å². The molecule has 1 aromatic rings. The Kier molecular flexibility index (Phi) is 6.35. The van der Waals surface area contributed by atoms with Gasteiger partial charge in [0.25, 0.3) is 0 Å². The van der Waals surface area contributed by atoms with Crippen LogP contribution in [-0.2, 0) is 4.57 Å². The van der Waals surface area contributed by atoms with E-state index in [0.29, 0.717) is 5.75 Å². The fourth-order valence-electron chi connectivity index (χ4n) is 0.537. The van der Waals surface area contributed by atoms with Crippen molar-refractivity contribution in [2.24, 2.45) is 0 Å². The van der Waals surface area contributed by atoms with E-state index in [4.69, 9.17) is 0 Å². The number of rotatable bonds is 2. The molecule has 1 aromatic carbocycles. The van der Waals surface area contributed by atoms with E-state index < -0.39 is 8.69 Å². The van der Waals surface area contributed by atoms with Gasteiger partial charge in [0.15, 0.2) is 5.75 Å². The first-order chi connectivity index (χ1) is 4.43. The molecule has 0 N–H and O–H groups in total. The van der Waals surface area contributed by atoms with E-state index in [-0.39, 0.29) is 40.6 Å². The first kappa shape index (κ1) is 10.4. The van der Waals surface area contributed by atoms with Gasteiger partial charge in [0, 0.05) is 0 Å². The molecule has 1 rings (SSSR count). The van der Waals surface area contributed by atoms with Crippen LogP contribution >= 0.6 is 8.69 Å². The molecular weight excluding hydrogens is 175 g/mol. The summed E-state index contributed by atoms with van der Waals surface area (Å²) >= 11 is 0. The zero-order chi connectivity index (χ0) is 6.53. The molecule has 10 heavy (non-hydrogen) atoms. The Morgan fingerprint density at radius 3 is 2.40 bits per heavy atom. The van der Waals surface area contributed by atoms with Gasteiger partial charge in [-0.2, -0.15) is 0 Å². The van der Waals surface area contributed by atoms with Gasteiger partial charge in [-0.05, 0) is 16.7 Å². The predicted molar refractivity (Wildman–Crippen MR) is 44.0 cm³/mol. The van der Waals surface area contributed by atoms with Crippen molar-refractivity contribution in [3.05, 3.63) is 30.3 Å². The van der Waals surface area contributed by atoms with Crippen LogP contribution in [-0.4, -0.2) is 37.7 Å². The minimum absolute atomic E-state index is 0. The maximum Gasteiger partial charge on any atom is 2.00 e. The van der Waals surface area contributed by atoms with Gasteiger partial charge in [-0.1, -0.05) is 18.2 Å². The van der Waals surface area contributed by atoms with Gasteiger partial charge >= 0.3 is 46.4 Å². The molecule has 0 fully saturated rings. The van der Waals surface area contributed by atoms with Crippen LogP contribution < -0.4 is 4.52 Å². The molecular formula is C6H8CaO2P+. The fourth-order valence-corrected chi connectivity index (χ4v) is 0.769. The fraction of sp³-hybridized carbons (Fsp3) is 0. The molecule has 0 saturated carbocycles. The van der Waals surface area contributed by atoms with Crippen LogP contribution in [0.1, 0.15) is 2.85 Å². The van der Waals surface area contributed by atoms with Crippen molar-refractivity contribution in [2.45, 2.75) is 0 Å². The Bertz CT molecular complexity index is 198. The quantitative estimate of drug-likeness (QED) is 0.516. The van der Waals surface area contributed by atoms with E-state index in [0.717, 1.165) is 0 Å². The Balaban J connectivity index is -0.000000270. The summed E-state index contributed by atoms with van der Waals surface area (Å²) in [6.07, 6.45) is 0. The summed E-state index contributed by atoms with van der Waals surface area (Å²) < 4.78 is 14.6. The zero-order valence-electron chi connectivity index (χ0n) is 7.41. The van der Waals surface area contributed by atoms with E-state index in [1.54, 1.807) is 12.1 Å². The van der Waals surface area contributed by atoms with Crippen LogP contribution in [0.2, 0.25) is 0 Å².